The van der Waals surface area contributed by atoms with Gasteiger partial charge in [-0.3, -0.25) is 14.3 Å². The van der Waals surface area contributed by atoms with Crippen molar-refractivity contribution in [3.63, 3.8) is 0 Å². The molecule has 0 aromatic carbocycles. The van der Waals surface area contributed by atoms with Crippen molar-refractivity contribution in [2.24, 2.45) is 12.5 Å². The Morgan fingerprint density at radius 2 is 1.92 bits per heavy atom. The summed E-state index contributed by atoms with van der Waals surface area (Å²) in [6.07, 6.45) is 0. The SMILES string of the molecule is COCCN(CC(=O)Nc1cc(C(C)(C)C)nn1C)C(=O)C(C)(C)CCl. The monoisotopic (exact) mass is 386 g/mol. The van der Waals surface area contributed by atoms with E-state index in [0.29, 0.717) is 19.0 Å². The van der Waals surface area contributed by atoms with Crippen LogP contribution >= 0.6 is 11.6 Å². The van der Waals surface area contributed by atoms with Crippen LogP contribution in [0.15, 0.2) is 6.07 Å². The summed E-state index contributed by atoms with van der Waals surface area (Å²) in [5.41, 5.74) is 0.0125. The maximum Gasteiger partial charge on any atom is 0.245 e. The molecular formula is C18H31ClN4O3. The maximum atomic E-state index is 12.7. The van der Waals surface area contributed by atoms with Gasteiger partial charge in [-0.25, -0.2) is 0 Å². The number of carbonyl (C=O) groups excluding carboxylic acids is 2. The molecule has 0 fully saturated rings. The molecule has 0 saturated heterocycles. The van der Waals surface area contributed by atoms with Crippen molar-refractivity contribution in [3.05, 3.63) is 11.8 Å². The largest absolute Gasteiger partial charge is 0.383 e. The molecule has 0 unspecified atom stereocenters. The number of aryl methyl sites for hydroxylation is 1. The minimum Gasteiger partial charge on any atom is -0.383 e. The highest BCUT2D eigenvalue weighted by Gasteiger charge is 2.32. The van der Waals surface area contributed by atoms with E-state index in [4.69, 9.17) is 16.3 Å². The first-order valence-corrected chi connectivity index (χ1v) is 9.14. The predicted octanol–water partition coefficient (Wildman–Crippen LogP) is 2.40. The van der Waals surface area contributed by atoms with Gasteiger partial charge >= 0.3 is 0 Å². The lowest BCUT2D eigenvalue weighted by atomic mass is 9.92. The van der Waals surface area contributed by atoms with Crippen LogP contribution in [0.5, 0.6) is 0 Å². The number of halogens is 1. The molecular weight excluding hydrogens is 356 g/mol. The van der Waals surface area contributed by atoms with Gasteiger partial charge in [-0.1, -0.05) is 20.8 Å². The second-order valence-electron chi connectivity index (χ2n) is 8.07. The summed E-state index contributed by atoms with van der Waals surface area (Å²) in [6, 6.07) is 1.85. The molecule has 2 amide bonds. The van der Waals surface area contributed by atoms with Gasteiger partial charge in [0.15, 0.2) is 0 Å². The fraction of sp³-hybridized carbons (Fsp3) is 0.722. The van der Waals surface area contributed by atoms with Gasteiger partial charge in [0, 0.05) is 38.1 Å². The van der Waals surface area contributed by atoms with Crippen LogP contribution in [0.4, 0.5) is 5.82 Å². The number of alkyl halides is 1. The summed E-state index contributed by atoms with van der Waals surface area (Å²) < 4.78 is 6.68. The first-order chi connectivity index (χ1) is 11.9. The van der Waals surface area contributed by atoms with E-state index in [9.17, 15) is 9.59 Å². The fourth-order valence-electron chi connectivity index (χ4n) is 2.25. The smallest absolute Gasteiger partial charge is 0.245 e. The first kappa shape index (κ1) is 22.4. The fourth-order valence-corrected chi connectivity index (χ4v) is 2.36. The highest BCUT2D eigenvalue weighted by atomic mass is 35.5. The molecule has 0 aliphatic rings. The zero-order valence-corrected chi connectivity index (χ0v) is 17.6. The van der Waals surface area contributed by atoms with Gasteiger partial charge in [-0.2, -0.15) is 5.10 Å². The molecule has 8 heteroatoms. The molecule has 7 nitrogen and oxygen atoms in total. The average molecular weight is 387 g/mol. The number of methoxy groups -OCH3 is 1. The van der Waals surface area contributed by atoms with Crippen molar-refractivity contribution in [1.29, 1.82) is 0 Å². The lowest BCUT2D eigenvalue weighted by Crippen LogP contribution is -2.46. The van der Waals surface area contributed by atoms with E-state index in [0.717, 1.165) is 5.69 Å². The lowest BCUT2D eigenvalue weighted by Gasteiger charge is -2.30. The summed E-state index contributed by atoms with van der Waals surface area (Å²) >= 11 is 5.91. The lowest BCUT2D eigenvalue weighted by molar-refractivity contribution is -0.142. The predicted molar refractivity (Wildman–Crippen MR) is 103 cm³/mol. The minimum atomic E-state index is -0.749. The van der Waals surface area contributed by atoms with E-state index < -0.39 is 5.41 Å². The first-order valence-electron chi connectivity index (χ1n) is 8.61. The summed E-state index contributed by atoms with van der Waals surface area (Å²) in [4.78, 5) is 26.7. The Morgan fingerprint density at radius 1 is 1.31 bits per heavy atom. The van der Waals surface area contributed by atoms with Crippen molar-refractivity contribution in [2.45, 2.75) is 40.0 Å². The second kappa shape index (κ2) is 8.86. The molecule has 0 spiro atoms. The molecule has 0 atom stereocenters. The van der Waals surface area contributed by atoms with Crippen molar-refractivity contribution in [1.82, 2.24) is 14.7 Å². The highest BCUT2D eigenvalue weighted by molar-refractivity contribution is 6.19. The summed E-state index contributed by atoms with van der Waals surface area (Å²) in [5.74, 6) is 0.298. The Labute approximate surface area is 161 Å². The third kappa shape index (κ3) is 5.99. The summed E-state index contributed by atoms with van der Waals surface area (Å²) in [5, 5.41) is 7.26. The van der Waals surface area contributed by atoms with Gasteiger partial charge in [0.2, 0.25) is 11.8 Å². The van der Waals surface area contributed by atoms with Crippen LogP contribution in [0.2, 0.25) is 0 Å². The Kier molecular flexibility index (Phi) is 7.65. The number of aromatic nitrogens is 2. The number of carbonyl (C=O) groups is 2. The molecule has 148 valence electrons. The average Bonchev–Trinajstić information content (AvgIpc) is 2.91. The second-order valence-corrected chi connectivity index (χ2v) is 8.34. The zero-order chi connectivity index (χ0) is 20.1. The quantitative estimate of drug-likeness (QED) is 0.696. The Hall–Kier alpha value is -1.60. The number of ether oxygens (including phenoxy) is 1. The molecule has 0 aliphatic heterocycles. The van der Waals surface area contributed by atoms with E-state index in [1.165, 1.54) is 4.90 Å². The van der Waals surface area contributed by atoms with E-state index in [-0.39, 0.29) is 29.7 Å². The Balaban J connectivity index is 2.87. The van der Waals surface area contributed by atoms with Crippen LogP contribution in [0.25, 0.3) is 0 Å². The number of hydrogen-bond donors (Lipinski definition) is 1. The maximum absolute atomic E-state index is 12.7. The van der Waals surface area contributed by atoms with Crippen LogP contribution in [0.3, 0.4) is 0 Å². The number of rotatable bonds is 8. The van der Waals surface area contributed by atoms with Crippen LogP contribution in [-0.2, 0) is 26.8 Å². The van der Waals surface area contributed by atoms with E-state index in [1.807, 2.05) is 6.07 Å². The van der Waals surface area contributed by atoms with E-state index in [1.54, 1.807) is 32.7 Å². The number of nitrogens with one attached hydrogen (secondary N) is 1. The summed E-state index contributed by atoms with van der Waals surface area (Å²) in [7, 11) is 3.33. The Morgan fingerprint density at radius 3 is 2.38 bits per heavy atom. The van der Waals surface area contributed by atoms with Gasteiger partial charge in [0.25, 0.3) is 0 Å². The van der Waals surface area contributed by atoms with Crippen molar-refractivity contribution in [3.8, 4) is 0 Å². The third-order valence-electron chi connectivity index (χ3n) is 4.02. The van der Waals surface area contributed by atoms with Crippen LogP contribution in [0, 0.1) is 5.41 Å². The van der Waals surface area contributed by atoms with Gasteiger partial charge in [0.1, 0.15) is 12.4 Å². The van der Waals surface area contributed by atoms with Crippen molar-refractivity contribution in [2.75, 3.05) is 38.0 Å². The molecule has 1 aromatic rings. The molecule has 0 radical (unpaired) electrons. The molecule has 26 heavy (non-hydrogen) atoms. The summed E-state index contributed by atoms with van der Waals surface area (Å²) in [6.45, 7) is 10.3. The number of nitrogens with zero attached hydrogens (tertiary/aromatic N) is 3. The van der Waals surface area contributed by atoms with E-state index >= 15 is 0 Å². The van der Waals surface area contributed by atoms with Gasteiger partial charge in [-0.05, 0) is 13.8 Å². The molecule has 1 heterocycles. The zero-order valence-electron chi connectivity index (χ0n) is 16.9. The molecule has 1 rings (SSSR count). The van der Waals surface area contributed by atoms with Crippen LogP contribution < -0.4 is 5.32 Å². The minimum absolute atomic E-state index is 0.0709. The van der Waals surface area contributed by atoms with E-state index in [2.05, 4.69) is 31.2 Å². The molecule has 1 N–H and O–H groups in total. The van der Waals surface area contributed by atoms with Crippen molar-refractivity contribution >= 4 is 29.2 Å². The molecule has 0 aliphatic carbocycles. The number of anilines is 1. The normalized spacial score (nSPS) is 12.2. The van der Waals surface area contributed by atoms with Gasteiger partial charge < -0.3 is 15.0 Å². The van der Waals surface area contributed by atoms with Crippen molar-refractivity contribution < 1.29 is 14.3 Å². The number of hydrogen-bond acceptors (Lipinski definition) is 4. The Bertz CT molecular complexity index is 635. The molecule has 1 aromatic heterocycles. The van der Waals surface area contributed by atoms with Gasteiger partial charge in [-0.15, -0.1) is 11.6 Å². The standard InChI is InChI=1S/C18H31ClN4O3/c1-17(2,3)13-10-14(22(6)21-13)20-15(24)11-23(8-9-26-7)16(25)18(4,5)12-19/h10H,8-9,11-12H2,1-7H3,(H,20,24). The highest BCUT2D eigenvalue weighted by Crippen LogP contribution is 2.24. The van der Waals surface area contributed by atoms with Crippen LogP contribution in [0.1, 0.15) is 40.3 Å². The molecule has 0 bridgehead atoms. The van der Waals surface area contributed by atoms with Gasteiger partial charge in [0.05, 0.1) is 17.7 Å². The topological polar surface area (TPSA) is 76.5 Å². The third-order valence-corrected chi connectivity index (χ3v) is 4.68. The molecule has 0 saturated carbocycles. The number of amides is 2. The van der Waals surface area contributed by atoms with Crippen LogP contribution in [-0.4, -0.2) is 59.2 Å².